The summed E-state index contributed by atoms with van der Waals surface area (Å²) in [6, 6.07) is 6.31. The van der Waals surface area contributed by atoms with Crippen LogP contribution in [0.3, 0.4) is 0 Å². The van der Waals surface area contributed by atoms with Gasteiger partial charge in [0.15, 0.2) is 5.82 Å². The van der Waals surface area contributed by atoms with Crippen molar-refractivity contribution in [3.63, 3.8) is 0 Å². The molecule has 0 spiro atoms. The third kappa shape index (κ3) is 4.42. The van der Waals surface area contributed by atoms with Gasteiger partial charge in [0.05, 0.1) is 16.7 Å². The molecule has 1 aromatic carbocycles. The van der Waals surface area contributed by atoms with Crippen molar-refractivity contribution in [1.82, 2.24) is 9.55 Å². The Labute approximate surface area is 200 Å². The summed E-state index contributed by atoms with van der Waals surface area (Å²) in [6.45, 7) is 8.08. The fraction of sp³-hybridized carbons (Fsp3) is 0.450. The van der Waals surface area contributed by atoms with Crippen molar-refractivity contribution in [2.75, 3.05) is 23.3 Å². The number of ether oxygens (including phenoxy) is 1. The van der Waals surface area contributed by atoms with E-state index < -0.39 is 18.0 Å². The molecule has 3 heterocycles. The smallest absolute Gasteiger partial charge is 0.349 e. The number of anilines is 3. The van der Waals surface area contributed by atoms with E-state index in [9.17, 15) is 9.90 Å². The molecule has 0 aliphatic carbocycles. The Hall–Kier alpha value is -0.926. The minimum Gasteiger partial charge on any atom is -0.422 e. The molecule has 2 aliphatic heterocycles. The van der Waals surface area contributed by atoms with E-state index in [1.807, 2.05) is 6.92 Å². The molecule has 1 fully saturated rings. The summed E-state index contributed by atoms with van der Waals surface area (Å²) in [7, 11) is 0. The van der Waals surface area contributed by atoms with Crippen molar-refractivity contribution in [1.29, 1.82) is 0 Å². The van der Waals surface area contributed by atoms with Gasteiger partial charge in [-0.1, -0.05) is 18.7 Å². The fourth-order valence-electron chi connectivity index (χ4n) is 3.63. The summed E-state index contributed by atoms with van der Waals surface area (Å²) in [5.74, 6) is 0.557. The van der Waals surface area contributed by atoms with Crippen molar-refractivity contribution >= 4 is 29.0 Å². The minimum atomic E-state index is -0.678. The molecule has 2 N–H and O–H groups in total. The van der Waals surface area contributed by atoms with Crippen LogP contribution in [0.5, 0.6) is 0 Å². The number of hydrogen-bond donors (Lipinski definition) is 2. The molecule has 1 saturated heterocycles. The number of nitrogens with one attached hydrogen (secondary N) is 1. The molecule has 29 heavy (non-hydrogen) atoms. The van der Waals surface area contributed by atoms with Crippen LogP contribution in [0, 0.1) is 6.42 Å². The molecular formula is C20H25N4O3SY-. The maximum Gasteiger partial charge on any atom is 0.349 e. The second-order valence-corrected chi connectivity index (χ2v) is 7.96. The van der Waals surface area contributed by atoms with Crippen LogP contribution in [0.1, 0.15) is 33.4 Å². The maximum absolute atomic E-state index is 12.6. The van der Waals surface area contributed by atoms with Crippen molar-refractivity contribution in [3.8, 4) is 0 Å². The van der Waals surface area contributed by atoms with Crippen LogP contribution in [0.25, 0.3) is 0 Å². The first-order valence-corrected chi connectivity index (χ1v) is 10.5. The molecule has 4 rings (SSSR count). The predicted octanol–water partition coefficient (Wildman–Crippen LogP) is 3.17. The molecule has 0 bridgehead atoms. The Kier molecular flexibility index (Phi) is 7.43. The van der Waals surface area contributed by atoms with Crippen LogP contribution in [-0.2, 0) is 37.4 Å². The van der Waals surface area contributed by atoms with E-state index >= 15 is 0 Å². The van der Waals surface area contributed by atoms with E-state index in [0.717, 1.165) is 34.3 Å². The van der Waals surface area contributed by atoms with E-state index in [1.165, 1.54) is 4.57 Å². The van der Waals surface area contributed by atoms with E-state index in [2.05, 4.69) is 47.2 Å². The van der Waals surface area contributed by atoms with Gasteiger partial charge in [-0.2, -0.15) is 4.98 Å². The molecule has 1 radical (unpaired) electrons. The quantitative estimate of drug-likeness (QED) is 0.532. The summed E-state index contributed by atoms with van der Waals surface area (Å²) < 4.78 is 7.25. The SMILES string of the molecule is CC[C@H]1O[C@@H](n2cc3c(nc2=O)Nc2cc(N(CC)CC)ccc2S3)[CH-][C@H]1O.[Y]. The number of benzene rings is 1. The largest absolute Gasteiger partial charge is 0.422 e. The molecule has 0 unspecified atom stereocenters. The summed E-state index contributed by atoms with van der Waals surface area (Å²) in [6.07, 6.45) is 2.52. The molecule has 0 amide bonds. The molecule has 153 valence electrons. The number of fused-ring (bicyclic) bond motifs is 2. The first-order chi connectivity index (χ1) is 13.5. The molecular weight excluding hydrogens is 465 g/mol. The third-order valence-corrected chi connectivity index (χ3v) is 6.31. The van der Waals surface area contributed by atoms with Crippen molar-refractivity contribution in [2.45, 2.75) is 55.4 Å². The topological polar surface area (TPSA) is 79.6 Å². The first-order valence-electron chi connectivity index (χ1n) is 9.69. The Bertz CT molecular complexity index is 934. The van der Waals surface area contributed by atoms with E-state index in [4.69, 9.17) is 4.74 Å². The Morgan fingerprint density at radius 3 is 2.72 bits per heavy atom. The number of rotatable bonds is 5. The van der Waals surface area contributed by atoms with Crippen LogP contribution in [0.15, 0.2) is 39.0 Å². The van der Waals surface area contributed by atoms with Crippen molar-refractivity contribution < 1.29 is 42.6 Å². The summed E-state index contributed by atoms with van der Waals surface area (Å²) in [5.41, 5.74) is 1.69. The summed E-state index contributed by atoms with van der Waals surface area (Å²) in [4.78, 5) is 21.0. The van der Waals surface area contributed by atoms with Gasteiger partial charge in [-0.3, -0.25) is 4.57 Å². The van der Waals surface area contributed by atoms with E-state index in [0.29, 0.717) is 12.2 Å². The van der Waals surface area contributed by atoms with Crippen LogP contribution < -0.4 is 15.9 Å². The van der Waals surface area contributed by atoms with Crippen LogP contribution in [0.4, 0.5) is 17.2 Å². The van der Waals surface area contributed by atoms with Crippen molar-refractivity contribution in [3.05, 3.63) is 41.3 Å². The van der Waals surface area contributed by atoms with Crippen LogP contribution in [-0.4, -0.2) is 40.0 Å². The number of nitrogens with zero attached hydrogens (tertiary/aromatic N) is 3. The molecule has 3 atom stereocenters. The Morgan fingerprint density at radius 1 is 1.31 bits per heavy atom. The van der Waals surface area contributed by atoms with Gasteiger partial charge in [-0.15, -0.1) is 0 Å². The second kappa shape index (κ2) is 9.48. The Balaban J connectivity index is 0.00000240. The van der Waals surface area contributed by atoms with Gasteiger partial charge in [-0.25, -0.2) is 11.2 Å². The molecule has 1 aromatic heterocycles. The number of hydrogen-bond acceptors (Lipinski definition) is 7. The van der Waals surface area contributed by atoms with E-state index in [-0.39, 0.29) is 38.8 Å². The zero-order valence-corrected chi connectivity index (χ0v) is 20.5. The standard InChI is InChI=1S/C20H25N4O3S.Y/c1-4-15-14(25)10-18(27-15)24-11-17-19(22-20(24)26)21-13-9-12(23(5-2)6-3)7-8-16(13)28-17;/h7-11,14-15,18,25H,4-6H2,1-3H3,(H,21,22,26);/q-1;/t14-,15-,18-;/m1./s1. The normalized spacial score (nSPS) is 22.3. The second-order valence-electron chi connectivity index (χ2n) is 6.88. The zero-order valence-electron chi connectivity index (χ0n) is 16.8. The molecule has 9 heteroatoms. The van der Waals surface area contributed by atoms with Gasteiger partial charge in [-0.05, 0) is 44.6 Å². The molecule has 2 aromatic rings. The first kappa shape index (κ1) is 22.8. The average Bonchev–Trinajstić information content (AvgIpc) is 3.07. The Morgan fingerprint density at radius 2 is 2.07 bits per heavy atom. The van der Waals surface area contributed by atoms with Gasteiger partial charge in [0, 0.05) is 68.8 Å². The van der Waals surface area contributed by atoms with Gasteiger partial charge < -0.3 is 20.1 Å². The minimum absolute atomic E-state index is 0. The van der Waals surface area contributed by atoms with Gasteiger partial charge in [0.25, 0.3) is 0 Å². The summed E-state index contributed by atoms with van der Waals surface area (Å²) in [5, 5.41) is 13.4. The zero-order chi connectivity index (χ0) is 19.8. The van der Waals surface area contributed by atoms with Crippen LogP contribution in [0.2, 0.25) is 0 Å². The predicted molar refractivity (Wildman–Crippen MR) is 110 cm³/mol. The summed E-state index contributed by atoms with van der Waals surface area (Å²) >= 11 is 1.57. The van der Waals surface area contributed by atoms with Crippen molar-refractivity contribution in [2.24, 2.45) is 0 Å². The number of aliphatic hydroxyl groups is 1. The molecule has 2 aliphatic rings. The fourth-order valence-corrected chi connectivity index (χ4v) is 4.58. The monoisotopic (exact) mass is 490 g/mol. The van der Waals surface area contributed by atoms with Crippen LogP contribution >= 0.6 is 11.8 Å². The average molecular weight is 490 g/mol. The van der Waals surface area contributed by atoms with Gasteiger partial charge >= 0.3 is 5.69 Å². The molecule has 7 nitrogen and oxygen atoms in total. The third-order valence-electron chi connectivity index (χ3n) is 5.22. The number of aliphatic hydroxyl groups excluding tert-OH is 1. The number of aromatic nitrogens is 2. The van der Waals surface area contributed by atoms with E-state index in [1.54, 1.807) is 24.4 Å². The maximum atomic E-state index is 12.6. The van der Waals surface area contributed by atoms with Gasteiger partial charge in [0.1, 0.15) is 0 Å². The van der Waals surface area contributed by atoms with Gasteiger partial charge in [0.2, 0.25) is 0 Å². The molecule has 0 saturated carbocycles.